The molecular formula is C19H23F3N4O3. The van der Waals surface area contributed by atoms with Crippen molar-refractivity contribution in [3.63, 3.8) is 0 Å². The lowest BCUT2D eigenvalue weighted by Gasteiger charge is -2.38. The first-order chi connectivity index (χ1) is 13.7. The molecule has 7 nitrogen and oxygen atoms in total. The highest BCUT2D eigenvalue weighted by molar-refractivity contribution is 5.92. The van der Waals surface area contributed by atoms with E-state index in [-0.39, 0.29) is 29.3 Å². The van der Waals surface area contributed by atoms with Gasteiger partial charge in [-0.2, -0.15) is 0 Å². The van der Waals surface area contributed by atoms with Crippen LogP contribution in [0, 0.1) is 0 Å². The van der Waals surface area contributed by atoms with Crippen molar-refractivity contribution >= 4 is 22.6 Å². The molecule has 2 aromatic rings. The summed E-state index contributed by atoms with van der Waals surface area (Å²) in [5.41, 5.74) is 0.276. The minimum absolute atomic E-state index is 0.0506. The molecule has 1 aliphatic rings. The largest absolute Gasteiger partial charge is 0.573 e. The molecule has 158 valence electrons. The fraction of sp³-hybridized carbons (Fsp3) is 0.526. The van der Waals surface area contributed by atoms with E-state index in [0.29, 0.717) is 17.7 Å². The van der Waals surface area contributed by atoms with Crippen molar-refractivity contribution in [3.8, 4) is 5.75 Å². The van der Waals surface area contributed by atoms with Crippen LogP contribution in [0.2, 0.25) is 0 Å². The normalized spacial score (nSPS) is 21.1. The van der Waals surface area contributed by atoms with Crippen LogP contribution in [0.3, 0.4) is 0 Å². The molecule has 0 saturated carbocycles. The van der Waals surface area contributed by atoms with E-state index in [9.17, 15) is 18.0 Å². The predicted octanol–water partition coefficient (Wildman–Crippen LogP) is 3.35. The van der Waals surface area contributed by atoms with Crippen LogP contribution in [0.5, 0.6) is 5.75 Å². The van der Waals surface area contributed by atoms with Crippen LogP contribution in [0.15, 0.2) is 24.5 Å². The van der Waals surface area contributed by atoms with Gasteiger partial charge in [0, 0.05) is 31.1 Å². The number of ether oxygens (including phenoxy) is 2. The van der Waals surface area contributed by atoms with Crippen LogP contribution >= 0.6 is 0 Å². The number of halogens is 3. The van der Waals surface area contributed by atoms with Crippen molar-refractivity contribution in [1.29, 1.82) is 0 Å². The fourth-order valence-electron chi connectivity index (χ4n) is 3.54. The Labute approximate surface area is 166 Å². The molecule has 0 bridgehead atoms. The highest BCUT2D eigenvalue weighted by Gasteiger charge is 2.32. The standard InChI is InChI=1S/C19H23F3N4O3/c1-11-8-13(28-3)6-7-26(11)18(27)12(2)25-17-15-5-4-14(29-19(20,21)22)9-16(15)23-10-24-17/h4-5,9-13H,6-8H2,1-3H3,(H,23,24,25)/t11-,12-,13-/m1/s1. The summed E-state index contributed by atoms with van der Waals surface area (Å²) < 4.78 is 46.6. The maximum atomic E-state index is 12.9. The molecule has 3 atom stereocenters. The quantitative estimate of drug-likeness (QED) is 0.812. The van der Waals surface area contributed by atoms with Crippen LogP contribution in [0.4, 0.5) is 19.0 Å². The van der Waals surface area contributed by atoms with Gasteiger partial charge in [0.15, 0.2) is 0 Å². The molecule has 0 radical (unpaired) electrons. The van der Waals surface area contributed by atoms with Crippen LogP contribution in [-0.2, 0) is 9.53 Å². The van der Waals surface area contributed by atoms with E-state index in [1.54, 1.807) is 14.0 Å². The number of likely N-dealkylation sites (tertiary alicyclic amines) is 1. The lowest BCUT2D eigenvalue weighted by molar-refractivity contribution is -0.274. The van der Waals surface area contributed by atoms with Gasteiger partial charge in [0.05, 0.1) is 11.6 Å². The summed E-state index contributed by atoms with van der Waals surface area (Å²) in [4.78, 5) is 22.8. The number of hydrogen-bond donors (Lipinski definition) is 1. The smallest absolute Gasteiger partial charge is 0.406 e. The summed E-state index contributed by atoms with van der Waals surface area (Å²) in [7, 11) is 1.67. The zero-order chi connectivity index (χ0) is 21.2. The van der Waals surface area contributed by atoms with Crippen LogP contribution < -0.4 is 10.1 Å². The Morgan fingerprint density at radius 2 is 2.10 bits per heavy atom. The number of amides is 1. The van der Waals surface area contributed by atoms with Gasteiger partial charge in [-0.1, -0.05) is 0 Å². The Hall–Kier alpha value is -2.62. The number of aromatic nitrogens is 2. The van der Waals surface area contributed by atoms with Crippen LogP contribution in [-0.4, -0.2) is 59.0 Å². The van der Waals surface area contributed by atoms with Gasteiger partial charge in [-0.25, -0.2) is 9.97 Å². The van der Waals surface area contributed by atoms with E-state index < -0.39 is 12.4 Å². The predicted molar refractivity (Wildman–Crippen MR) is 101 cm³/mol. The van der Waals surface area contributed by atoms with E-state index in [0.717, 1.165) is 12.8 Å². The van der Waals surface area contributed by atoms with Crippen molar-refractivity contribution in [2.24, 2.45) is 0 Å². The monoisotopic (exact) mass is 412 g/mol. The summed E-state index contributed by atoms with van der Waals surface area (Å²) in [6.45, 7) is 4.32. The first-order valence-electron chi connectivity index (χ1n) is 9.28. The molecule has 2 heterocycles. The summed E-state index contributed by atoms with van der Waals surface area (Å²) in [5.74, 6) is -0.0710. The number of benzene rings is 1. The summed E-state index contributed by atoms with van der Waals surface area (Å²) in [6, 6.07) is 3.28. The number of anilines is 1. The van der Waals surface area contributed by atoms with Crippen molar-refractivity contribution < 1.29 is 27.4 Å². The number of piperidine rings is 1. The lowest BCUT2D eigenvalue weighted by atomic mass is 9.99. The molecule has 0 aliphatic carbocycles. The number of rotatable bonds is 5. The third kappa shape index (κ3) is 5.06. The van der Waals surface area contributed by atoms with Gasteiger partial charge in [0.2, 0.25) is 5.91 Å². The minimum Gasteiger partial charge on any atom is -0.406 e. The zero-order valence-corrected chi connectivity index (χ0v) is 16.4. The molecule has 1 amide bonds. The maximum Gasteiger partial charge on any atom is 0.573 e. The SMILES string of the molecule is CO[C@@H]1CCN(C(=O)[C@@H](C)Nc2ncnc3cc(OC(F)(F)F)ccc23)[C@H](C)C1. The van der Waals surface area contributed by atoms with Gasteiger partial charge in [0.1, 0.15) is 23.9 Å². The minimum atomic E-state index is -4.78. The Bertz CT molecular complexity index is 877. The van der Waals surface area contributed by atoms with Crippen LogP contribution in [0.1, 0.15) is 26.7 Å². The second-order valence-corrected chi connectivity index (χ2v) is 7.08. The van der Waals surface area contributed by atoms with Crippen LogP contribution in [0.25, 0.3) is 10.9 Å². The van der Waals surface area contributed by atoms with Gasteiger partial charge in [-0.15, -0.1) is 13.2 Å². The average molecular weight is 412 g/mol. The molecule has 1 aliphatic heterocycles. The maximum absolute atomic E-state index is 12.9. The third-order valence-electron chi connectivity index (χ3n) is 5.01. The van der Waals surface area contributed by atoms with E-state index in [4.69, 9.17) is 4.74 Å². The van der Waals surface area contributed by atoms with Gasteiger partial charge < -0.3 is 19.7 Å². The third-order valence-corrected chi connectivity index (χ3v) is 5.01. The molecule has 0 unspecified atom stereocenters. The number of carbonyl (C=O) groups excluding carboxylic acids is 1. The van der Waals surface area contributed by atoms with Gasteiger partial charge in [-0.05, 0) is 38.8 Å². The second-order valence-electron chi connectivity index (χ2n) is 7.08. The first-order valence-corrected chi connectivity index (χ1v) is 9.28. The average Bonchev–Trinajstić information content (AvgIpc) is 2.66. The van der Waals surface area contributed by atoms with Gasteiger partial charge in [0.25, 0.3) is 0 Å². The zero-order valence-electron chi connectivity index (χ0n) is 16.4. The molecule has 1 aromatic heterocycles. The Balaban J connectivity index is 1.74. The molecule has 1 fully saturated rings. The number of hydrogen-bond acceptors (Lipinski definition) is 6. The molecule has 1 N–H and O–H groups in total. The van der Waals surface area contributed by atoms with Gasteiger partial charge >= 0.3 is 6.36 Å². The molecule has 29 heavy (non-hydrogen) atoms. The fourth-order valence-corrected chi connectivity index (χ4v) is 3.54. The topological polar surface area (TPSA) is 76.6 Å². The molecule has 3 rings (SSSR count). The number of alkyl halides is 3. The Morgan fingerprint density at radius 3 is 2.76 bits per heavy atom. The number of nitrogens with zero attached hydrogens (tertiary/aromatic N) is 3. The first kappa shape index (κ1) is 21.1. The lowest BCUT2D eigenvalue weighted by Crippen LogP contribution is -2.51. The van der Waals surface area contributed by atoms with E-state index >= 15 is 0 Å². The highest BCUT2D eigenvalue weighted by atomic mass is 19.4. The molecule has 1 saturated heterocycles. The highest BCUT2D eigenvalue weighted by Crippen LogP contribution is 2.28. The molecule has 1 aromatic carbocycles. The molecule has 10 heteroatoms. The van der Waals surface area contributed by atoms with Crippen molar-refractivity contribution in [3.05, 3.63) is 24.5 Å². The molecule has 0 spiro atoms. The summed E-state index contributed by atoms with van der Waals surface area (Å²) in [6.07, 6.45) is -1.86. The second kappa shape index (κ2) is 8.40. The number of nitrogens with one attached hydrogen (secondary N) is 1. The number of methoxy groups -OCH3 is 1. The van der Waals surface area contributed by atoms with Gasteiger partial charge in [-0.3, -0.25) is 4.79 Å². The Morgan fingerprint density at radius 1 is 1.34 bits per heavy atom. The number of fused-ring (bicyclic) bond motifs is 1. The summed E-state index contributed by atoms with van der Waals surface area (Å²) in [5, 5.41) is 3.55. The summed E-state index contributed by atoms with van der Waals surface area (Å²) >= 11 is 0. The Kier molecular flexibility index (Phi) is 6.11. The van der Waals surface area contributed by atoms with Crippen molar-refractivity contribution in [2.45, 2.75) is 51.2 Å². The van der Waals surface area contributed by atoms with E-state index in [1.165, 1.54) is 24.5 Å². The molecular weight excluding hydrogens is 389 g/mol. The number of carbonyl (C=O) groups is 1. The van der Waals surface area contributed by atoms with Crippen molar-refractivity contribution in [2.75, 3.05) is 19.0 Å². The van der Waals surface area contributed by atoms with E-state index in [2.05, 4.69) is 20.0 Å². The van der Waals surface area contributed by atoms with E-state index in [1.807, 2.05) is 11.8 Å². The van der Waals surface area contributed by atoms with Crippen molar-refractivity contribution in [1.82, 2.24) is 14.9 Å².